The molecule has 0 atom stereocenters. The number of benzene rings is 1. The third kappa shape index (κ3) is 3.75. The summed E-state index contributed by atoms with van der Waals surface area (Å²) in [6.07, 6.45) is 3.94. The Labute approximate surface area is 124 Å². The number of aryl methyl sites for hydroxylation is 1. The molecule has 1 aromatic carbocycles. The fraction of sp³-hybridized carbons (Fsp3) is 0.429. The highest BCUT2D eigenvalue weighted by Crippen LogP contribution is 2.25. The summed E-state index contributed by atoms with van der Waals surface area (Å²) >= 11 is 6.06. The fourth-order valence-corrected chi connectivity index (χ4v) is 3.17. The van der Waals surface area contributed by atoms with Gasteiger partial charge in [-0.25, -0.2) is 8.42 Å². The van der Waals surface area contributed by atoms with Crippen LogP contribution in [-0.4, -0.2) is 32.0 Å². The molecule has 1 heterocycles. The first-order valence-corrected chi connectivity index (χ1v) is 8.94. The Morgan fingerprint density at radius 1 is 1.35 bits per heavy atom. The van der Waals surface area contributed by atoms with Crippen LogP contribution in [0.5, 0.6) is 0 Å². The van der Waals surface area contributed by atoms with Crippen LogP contribution in [0, 0.1) is 0 Å². The van der Waals surface area contributed by atoms with Gasteiger partial charge in [-0.3, -0.25) is 0 Å². The Kier molecular flexibility index (Phi) is 4.73. The molecule has 0 unspecified atom stereocenters. The van der Waals surface area contributed by atoms with Crippen LogP contribution in [0.15, 0.2) is 24.4 Å². The van der Waals surface area contributed by atoms with E-state index in [4.69, 9.17) is 11.6 Å². The van der Waals surface area contributed by atoms with Gasteiger partial charge in [0, 0.05) is 41.5 Å². The lowest BCUT2D eigenvalue weighted by molar-refractivity contribution is 0.593. The van der Waals surface area contributed by atoms with Crippen LogP contribution in [0.25, 0.3) is 10.9 Å². The van der Waals surface area contributed by atoms with E-state index < -0.39 is 9.84 Å². The molecule has 1 aromatic heterocycles. The smallest absolute Gasteiger partial charge is 0.147 e. The quantitative estimate of drug-likeness (QED) is 0.891. The van der Waals surface area contributed by atoms with Gasteiger partial charge in [0.15, 0.2) is 0 Å². The van der Waals surface area contributed by atoms with Crippen LogP contribution < -0.4 is 5.32 Å². The molecule has 0 radical (unpaired) electrons. The molecule has 0 aliphatic rings. The topological polar surface area (TPSA) is 51.1 Å². The minimum atomic E-state index is -2.91. The fourth-order valence-electron chi connectivity index (χ4n) is 2.35. The maximum Gasteiger partial charge on any atom is 0.147 e. The van der Waals surface area contributed by atoms with E-state index in [1.54, 1.807) is 0 Å². The molecule has 6 heteroatoms. The molecule has 20 heavy (non-hydrogen) atoms. The molecule has 0 bridgehead atoms. The number of nitrogens with zero attached hydrogens (tertiary/aromatic N) is 1. The maximum atomic E-state index is 11.2. The Hall–Kier alpha value is -1.04. The lowest BCUT2D eigenvalue weighted by Gasteiger charge is -2.05. The number of rotatable bonds is 6. The number of nitrogens with one attached hydrogen (secondary N) is 1. The van der Waals surface area contributed by atoms with E-state index in [0.29, 0.717) is 18.0 Å². The van der Waals surface area contributed by atoms with E-state index >= 15 is 0 Å². The molecular weight excluding hydrogens is 296 g/mol. The largest absolute Gasteiger partial charge is 0.347 e. The monoisotopic (exact) mass is 314 g/mol. The van der Waals surface area contributed by atoms with Gasteiger partial charge >= 0.3 is 0 Å². The zero-order chi connectivity index (χ0) is 14.8. The first kappa shape index (κ1) is 15.4. The number of fused-ring (bicyclic) bond motifs is 1. The molecule has 1 N–H and O–H groups in total. The summed E-state index contributed by atoms with van der Waals surface area (Å²) in [5, 5.41) is 4.99. The summed E-state index contributed by atoms with van der Waals surface area (Å²) in [5.74, 6) is 0.203. The van der Waals surface area contributed by atoms with Crippen LogP contribution in [-0.2, 0) is 22.9 Å². The number of aromatic nitrogens is 1. The highest BCUT2D eigenvalue weighted by atomic mass is 35.5. The van der Waals surface area contributed by atoms with Gasteiger partial charge in [-0.1, -0.05) is 17.7 Å². The minimum absolute atomic E-state index is 0.203. The van der Waals surface area contributed by atoms with Crippen LogP contribution >= 0.6 is 11.6 Å². The van der Waals surface area contributed by atoms with Crippen LogP contribution in [0.4, 0.5) is 0 Å². The molecule has 0 fully saturated rings. The lowest BCUT2D eigenvalue weighted by atomic mass is 10.2. The Balaban J connectivity index is 2.29. The maximum absolute atomic E-state index is 11.2. The third-order valence-electron chi connectivity index (χ3n) is 3.21. The van der Waals surface area contributed by atoms with Gasteiger partial charge in [-0.05, 0) is 31.2 Å². The number of sulfone groups is 1. The number of hydrogen-bond acceptors (Lipinski definition) is 3. The summed E-state index contributed by atoms with van der Waals surface area (Å²) in [5.41, 5.74) is 2.25. The molecule has 0 spiro atoms. The average molecular weight is 315 g/mol. The van der Waals surface area contributed by atoms with E-state index in [2.05, 4.69) is 16.1 Å². The molecule has 0 amide bonds. The first-order chi connectivity index (χ1) is 9.40. The van der Waals surface area contributed by atoms with Gasteiger partial charge in [-0.15, -0.1) is 0 Å². The Bertz CT molecular complexity index is 707. The standard InChI is InChI=1S/C14H19ClN2O2S/c1-16-9-11-10-17(6-3-7-20(2,18)19)14-8-12(15)4-5-13(11)14/h4-5,8,10,16H,3,6-7,9H2,1-2H3. The number of halogens is 1. The van der Waals surface area contributed by atoms with Gasteiger partial charge in [0.2, 0.25) is 0 Å². The van der Waals surface area contributed by atoms with Crippen molar-refractivity contribution in [1.29, 1.82) is 0 Å². The summed E-state index contributed by atoms with van der Waals surface area (Å²) < 4.78 is 24.5. The Morgan fingerprint density at radius 3 is 2.75 bits per heavy atom. The molecule has 2 rings (SSSR count). The van der Waals surface area contributed by atoms with Gasteiger partial charge in [0.25, 0.3) is 0 Å². The van der Waals surface area contributed by atoms with Crippen LogP contribution in [0.1, 0.15) is 12.0 Å². The van der Waals surface area contributed by atoms with Crippen molar-refractivity contribution in [3.8, 4) is 0 Å². The zero-order valence-corrected chi connectivity index (χ0v) is 13.3. The second-order valence-electron chi connectivity index (χ2n) is 5.02. The highest BCUT2D eigenvalue weighted by Gasteiger charge is 2.09. The second kappa shape index (κ2) is 6.16. The van der Waals surface area contributed by atoms with Crippen molar-refractivity contribution in [3.63, 3.8) is 0 Å². The SMILES string of the molecule is CNCc1cn(CCCS(C)(=O)=O)c2cc(Cl)ccc12. The molecule has 0 aliphatic heterocycles. The predicted molar refractivity (Wildman–Crippen MR) is 84.0 cm³/mol. The molecule has 0 aliphatic carbocycles. The van der Waals surface area contributed by atoms with Gasteiger partial charge in [0.1, 0.15) is 9.84 Å². The molecule has 0 saturated heterocycles. The van der Waals surface area contributed by atoms with E-state index in [-0.39, 0.29) is 5.75 Å². The van der Waals surface area contributed by atoms with Crippen molar-refractivity contribution in [2.45, 2.75) is 19.5 Å². The molecular formula is C14H19ClN2O2S. The lowest BCUT2D eigenvalue weighted by Crippen LogP contribution is -2.07. The molecule has 0 saturated carbocycles. The molecule has 110 valence electrons. The number of hydrogen-bond donors (Lipinski definition) is 1. The van der Waals surface area contributed by atoms with Gasteiger partial charge in [0.05, 0.1) is 5.75 Å². The minimum Gasteiger partial charge on any atom is -0.347 e. The van der Waals surface area contributed by atoms with Crippen LogP contribution in [0.2, 0.25) is 5.02 Å². The Morgan fingerprint density at radius 2 is 2.10 bits per heavy atom. The summed E-state index contributed by atoms with van der Waals surface area (Å²) in [6.45, 7) is 1.45. The summed E-state index contributed by atoms with van der Waals surface area (Å²) in [6, 6.07) is 5.82. The van der Waals surface area contributed by atoms with Crippen molar-refractivity contribution in [3.05, 3.63) is 35.0 Å². The van der Waals surface area contributed by atoms with Crippen molar-refractivity contribution in [2.24, 2.45) is 0 Å². The average Bonchev–Trinajstić information content (AvgIpc) is 2.66. The van der Waals surface area contributed by atoms with Crippen LogP contribution in [0.3, 0.4) is 0 Å². The first-order valence-electron chi connectivity index (χ1n) is 6.50. The second-order valence-corrected chi connectivity index (χ2v) is 7.72. The predicted octanol–water partition coefficient (Wildman–Crippen LogP) is 2.45. The highest BCUT2D eigenvalue weighted by molar-refractivity contribution is 7.90. The van der Waals surface area contributed by atoms with E-state index in [9.17, 15) is 8.42 Å². The zero-order valence-electron chi connectivity index (χ0n) is 11.7. The normalized spacial score (nSPS) is 12.2. The van der Waals surface area contributed by atoms with E-state index in [0.717, 1.165) is 17.4 Å². The van der Waals surface area contributed by atoms with Crippen molar-refractivity contribution in [1.82, 2.24) is 9.88 Å². The van der Waals surface area contributed by atoms with Crippen molar-refractivity contribution < 1.29 is 8.42 Å². The van der Waals surface area contributed by atoms with Crippen molar-refractivity contribution >= 4 is 32.3 Å². The van der Waals surface area contributed by atoms with Gasteiger partial charge < -0.3 is 9.88 Å². The third-order valence-corrected chi connectivity index (χ3v) is 4.47. The van der Waals surface area contributed by atoms with E-state index in [1.165, 1.54) is 11.8 Å². The molecule has 4 nitrogen and oxygen atoms in total. The van der Waals surface area contributed by atoms with Crippen molar-refractivity contribution in [2.75, 3.05) is 19.1 Å². The van der Waals surface area contributed by atoms with E-state index in [1.807, 2.05) is 25.2 Å². The summed E-state index contributed by atoms with van der Waals surface area (Å²) in [4.78, 5) is 0. The van der Waals surface area contributed by atoms with Gasteiger partial charge in [-0.2, -0.15) is 0 Å². The summed E-state index contributed by atoms with van der Waals surface area (Å²) in [7, 11) is -1.01. The molecule has 2 aromatic rings.